The van der Waals surface area contributed by atoms with Crippen molar-refractivity contribution in [3.05, 3.63) is 224 Å². The molecule has 1 heteroatoms. The summed E-state index contributed by atoms with van der Waals surface area (Å²) in [6, 6.07) is 80.9. The molecule has 0 aliphatic rings. The van der Waals surface area contributed by atoms with Gasteiger partial charge in [-0.05, 0) is 143 Å². The van der Waals surface area contributed by atoms with Crippen molar-refractivity contribution in [1.82, 2.24) is 4.57 Å². The number of para-hydroxylation sites is 2. The van der Waals surface area contributed by atoms with E-state index < -0.39 is 0 Å². The summed E-state index contributed by atoms with van der Waals surface area (Å²) in [5.41, 5.74) is 16.9. The van der Waals surface area contributed by atoms with E-state index in [4.69, 9.17) is 0 Å². The predicted molar refractivity (Wildman–Crippen MR) is 256 cm³/mol. The lowest BCUT2D eigenvalue weighted by molar-refractivity contribution is 1.18. The fourth-order valence-electron chi connectivity index (χ4n) is 9.69. The third-order valence-corrected chi connectivity index (χ3v) is 12.6. The van der Waals surface area contributed by atoms with Gasteiger partial charge >= 0.3 is 0 Å². The number of hydrogen-bond acceptors (Lipinski definition) is 0. The van der Waals surface area contributed by atoms with Crippen LogP contribution in [0.3, 0.4) is 0 Å². The molecular formula is C59H39N. The Morgan fingerprint density at radius 2 is 0.700 bits per heavy atom. The van der Waals surface area contributed by atoms with Gasteiger partial charge in [0.25, 0.3) is 0 Å². The van der Waals surface area contributed by atoms with Crippen molar-refractivity contribution in [2.45, 2.75) is 6.92 Å². The van der Waals surface area contributed by atoms with Crippen LogP contribution in [0.5, 0.6) is 0 Å². The number of nitrogens with zero attached hydrogens (tertiary/aromatic N) is 1. The largest absolute Gasteiger partial charge is 0.309 e. The third-order valence-electron chi connectivity index (χ3n) is 12.6. The monoisotopic (exact) mass is 761 g/mol. The van der Waals surface area contributed by atoms with Crippen LogP contribution in [0.25, 0.3) is 115 Å². The smallest absolute Gasteiger partial charge is 0.0541 e. The quantitative estimate of drug-likeness (QED) is 0.149. The Morgan fingerprint density at radius 1 is 0.283 bits per heavy atom. The molecule has 12 rings (SSSR count). The Morgan fingerprint density at radius 3 is 1.25 bits per heavy atom. The summed E-state index contributed by atoms with van der Waals surface area (Å²) in [4.78, 5) is 0. The van der Waals surface area contributed by atoms with Crippen molar-refractivity contribution in [1.29, 1.82) is 0 Å². The van der Waals surface area contributed by atoms with Gasteiger partial charge in [-0.3, -0.25) is 0 Å². The molecule has 0 aliphatic carbocycles. The van der Waals surface area contributed by atoms with Gasteiger partial charge in [-0.15, -0.1) is 0 Å². The van der Waals surface area contributed by atoms with E-state index in [1.165, 1.54) is 115 Å². The van der Waals surface area contributed by atoms with Crippen LogP contribution >= 0.6 is 0 Å². The molecule has 280 valence electrons. The van der Waals surface area contributed by atoms with Gasteiger partial charge in [-0.2, -0.15) is 0 Å². The minimum atomic E-state index is 1.14. The van der Waals surface area contributed by atoms with E-state index >= 15 is 0 Å². The highest BCUT2D eigenvalue weighted by Crippen LogP contribution is 2.44. The van der Waals surface area contributed by atoms with Crippen molar-refractivity contribution < 1.29 is 0 Å². The Bertz CT molecular complexity index is 3460. The molecule has 0 radical (unpaired) electrons. The molecule has 60 heavy (non-hydrogen) atoms. The number of aryl methyl sites for hydroxylation is 1. The zero-order chi connectivity index (χ0) is 39.7. The summed E-state index contributed by atoms with van der Waals surface area (Å²) < 4.78 is 2.46. The van der Waals surface area contributed by atoms with Gasteiger partial charge in [0.2, 0.25) is 0 Å². The summed E-state index contributed by atoms with van der Waals surface area (Å²) in [7, 11) is 0. The average molecular weight is 762 g/mol. The Labute approximate surface area is 349 Å². The maximum absolute atomic E-state index is 2.46. The number of benzene rings is 11. The van der Waals surface area contributed by atoms with Crippen LogP contribution in [0.15, 0.2) is 218 Å². The standard InChI is InChI=1S/C59H39N/c1-38-20-22-41(23-21-38)50-28-24-42-27-31-55-51(29-25-43-26-30-54(50)58(42)59(43)55)48-35-47(36-49(37-48)60-56-18-10-8-16-52(56)53-17-9-11-19-57(53)60)46-33-44(39-12-4-2-5-13-39)32-45(34-46)40-14-6-3-7-15-40/h2-37H,1H3. The molecule has 0 spiro atoms. The molecule has 0 atom stereocenters. The summed E-state index contributed by atoms with van der Waals surface area (Å²) in [5.74, 6) is 0. The van der Waals surface area contributed by atoms with Crippen LogP contribution in [0.4, 0.5) is 0 Å². The first-order valence-corrected chi connectivity index (χ1v) is 20.8. The van der Waals surface area contributed by atoms with Crippen LogP contribution in [-0.4, -0.2) is 4.57 Å². The summed E-state index contributed by atoms with van der Waals surface area (Å²) >= 11 is 0. The number of aromatic nitrogens is 1. The van der Waals surface area contributed by atoms with Gasteiger partial charge in [0.15, 0.2) is 0 Å². The molecule has 0 saturated heterocycles. The maximum atomic E-state index is 2.46. The normalized spacial score (nSPS) is 11.8. The zero-order valence-corrected chi connectivity index (χ0v) is 33.2. The van der Waals surface area contributed by atoms with E-state index in [1.807, 2.05) is 0 Å². The summed E-state index contributed by atoms with van der Waals surface area (Å²) in [6.45, 7) is 2.15. The number of rotatable bonds is 6. The second-order valence-corrected chi connectivity index (χ2v) is 16.2. The van der Waals surface area contributed by atoms with E-state index in [-0.39, 0.29) is 0 Å². The van der Waals surface area contributed by atoms with E-state index in [1.54, 1.807) is 0 Å². The minimum Gasteiger partial charge on any atom is -0.309 e. The summed E-state index contributed by atoms with van der Waals surface area (Å²) in [6.07, 6.45) is 0. The molecule has 1 aromatic heterocycles. The van der Waals surface area contributed by atoms with Crippen LogP contribution < -0.4 is 0 Å². The lowest BCUT2D eigenvalue weighted by Gasteiger charge is -2.19. The Balaban J connectivity index is 1.15. The van der Waals surface area contributed by atoms with Crippen molar-refractivity contribution in [3.63, 3.8) is 0 Å². The lowest BCUT2D eigenvalue weighted by Crippen LogP contribution is -1.97. The van der Waals surface area contributed by atoms with Crippen molar-refractivity contribution in [2.24, 2.45) is 0 Å². The zero-order valence-electron chi connectivity index (χ0n) is 33.2. The maximum Gasteiger partial charge on any atom is 0.0541 e. The average Bonchev–Trinajstić information content (AvgIpc) is 3.66. The lowest BCUT2D eigenvalue weighted by atomic mass is 9.86. The van der Waals surface area contributed by atoms with Crippen molar-refractivity contribution in [2.75, 3.05) is 0 Å². The molecule has 0 fully saturated rings. The molecule has 0 unspecified atom stereocenters. The molecule has 12 aromatic rings. The van der Waals surface area contributed by atoms with Crippen LogP contribution in [0.1, 0.15) is 5.56 Å². The first-order valence-electron chi connectivity index (χ1n) is 20.8. The van der Waals surface area contributed by atoms with Crippen LogP contribution in [-0.2, 0) is 0 Å². The highest BCUT2D eigenvalue weighted by atomic mass is 15.0. The molecule has 1 heterocycles. The predicted octanol–water partition coefficient (Wildman–Crippen LogP) is 16.3. The molecule has 0 amide bonds. The van der Waals surface area contributed by atoms with Crippen molar-refractivity contribution in [3.8, 4) is 61.3 Å². The topological polar surface area (TPSA) is 4.93 Å². The van der Waals surface area contributed by atoms with E-state index in [2.05, 4.69) is 230 Å². The molecule has 0 aliphatic heterocycles. The van der Waals surface area contributed by atoms with Crippen molar-refractivity contribution >= 4 is 54.1 Å². The van der Waals surface area contributed by atoms with E-state index in [0.29, 0.717) is 0 Å². The van der Waals surface area contributed by atoms with E-state index in [0.717, 1.165) is 5.69 Å². The fraction of sp³-hybridized carbons (Fsp3) is 0.0169. The molecule has 0 N–H and O–H groups in total. The van der Waals surface area contributed by atoms with Gasteiger partial charge in [0.1, 0.15) is 0 Å². The minimum absolute atomic E-state index is 1.14. The number of fused-ring (bicyclic) bond motifs is 3. The SMILES string of the molecule is Cc1ccc(-c2ccc3ccc4c(-c5cc(-c6cc(-c7ccccc7)cc(-c7ccccc7)c6)cc(-n6c7ccccc7c7ccccc76)c5)ccc5ccc2c3c54)cc1. The van der Waals surface area contributed by atoms with E-state index in [9.17, 15) is 0 Å². The Hall–Kier alpha value is -7.74. The third kappa shape index (κ3) is 5.55. The molecule has 0 bridgehead atoms. The van der Waals surface area contributed by atoms with Gasteiger partial charge in [-0.25, -0.2) is 0 Å². The van der Waals surface area contributed by atoms with Gasteiger partial charge < -0.3 is 4.57 Å². The highest BCUT2D eigenvalue weighted by Gasteiger charge is 2.19. The summed E-state index contributed by atoms with van der Waals surface area (Å²) in [5, 5.41) is 10.2. The number of hydrogen-bond donors (Lipinski definition) is 0. The fourth-order valence-corrected chi connectivity index (χ4v) is 9.69. The van der Waals surface area contributed by atoms with Crippen LogP contribution in [0, 0.1) is 6.92 Å². The molecule has 11 aromatic carbocycles. The van der Waals surface area contributed by atoms with Gasteiger partial charge in [0.05, 0.1) is 11.0 Å². The second kappa shape index (κ2) is 13.7. The second-order valence-electron chi connectivity index (χ2n) is 16.2. The Kier molecular flexibility index (Phi) is 7.83. The van der Waals surface area contributed by atoms with Gasteiger partial charge in [-0.1, -0.05) is 175 Å². The first kappa shape index (κ1) is 34.3. The van der Waals surface area contributed by atoms with Gasteiger partial charge in [0, 0.05) is 16.5 Å². The molecular weight excluding hydrogens is 723 g/mol. The molecule has 0 saturated carbocycles. The first-order chi connectivity index (χ1) is 29.6. The van der Waals surface area contributed by atoms with Crippen LogP contribution in [0.2, 0.25) is 0 Å². The molecule has 1 nitrogen and oxygen atoms in total. The highest BCUT2D eigenvalue weighted by molar-refractivity contribution is 6.27.